The highest BCUT2D eigenvalue weighted by atomic mass is 16.7. The Balaban J connectivity index is 1.32. The largest absolute Gasteiger partial charge is 0.454 e. The number of benzene rings is 3. The van der Waals surface area contributed by atoms with Crippen molar-refractivity contribution in [1.82, 2.24) is 5.32 Å². The predicted octanol–water partition coefficient (Wildman–Crippen LogP) is 4.34. The molecular weight excluding hydrogens is 442 g/mol. The fourth-order valence-electron chi connectivity index (χ4n) is 4.64. The standard InChI is InChI=1S/C29H29NO5/c1-18-3-4-20(13-24(18)21-5-7-22(8-6-21)28(33)30-16-19(2)31)14-27(32)29(11-12-29)23-9-10-25-26(15-23)35-17-34-25/h3-10,13,15,19,31H,11-12,14,16-17H2,1-2H3,(H,30,33)/t19-/m0/s1. The second kappa shape index (κ2) is 9.19. The zero-order valence-electron chi connectivity index (χ0n) is 20.0. The Hall–Kier alpha value is -3.64. The number of Topliss-reactive ketones (excluding diaryl/α,β-unsaturated/α-hetero) is 1. The summed E-state index contributed by atoms with van der Waals surface area (Å²) in [5.41, 5.74) is 5.21. The molecule has 35 heavy (non-hydrogen) atoms. The molecule has 2 N–H and O–H groups in total. The number of aliphatic hydroxyl groups excluding tert-OH is 1. The summed E-state index contributed by atoms with van der Waals surface area (Å²) in [5, 5.41) is 12.1. The molecule has 1 fully saturated rings. The number of aryl methyl sites for hydroxylation is 1. The van der Waals surface area contributed by atoms with Gasteiger partial charge in [0.15, 0.2) is 11.5 Å². The van der Waals surface area contributed by atoms with Crippen LogP contribution in [0.1, 0.15) is 46.8 Å². The van der Waals surface area contributed by atoms with Crippen molar-refractivity contribution in [3.63, 3.8) is 0 Å². The van der Waals surface area contributed by atoms with Gasteiger partial charge in [-0.25, -0.2) is 0 Å². The van der Waals surface area contributed by atoms with Crippen molar-refractivity contribution >= 4 is 11.7 Å². The third-order valence-electron chi connectivity index (χ3n) is 6.89. The van der Waals surface area contributed by atoms with Crippen molar-refractivity contribution in [1.29, 1.82) is 0 Å². The van der Waals surface area contributed by atoms with Crippen molar-refractivity contribution in [3.05, 3.63) is 82.9 Å². The van der Waals surface area contributed by atoms with E-state index < -0.39 is 11.5 Å². The average molecular weight is 472 g/mol. The van der Waals surface area contributed by atoms with Gasteiger partial charge in [-0.15, -0.1) is 0 Å². The maximum atomic E-state index is 13.4. The molecule has 1 aliphatic heterocycles. The zero-order chi connectivity index (χ0) is 24.6. The topological polar surface area (TPSA) is 84.9 Å². The van der Waals surface area contributed by atoms with E-state index in [-0.39, 0.29) is 25.0 Å². The Kier molecular flexibility index (Phi) is 6.07. The minimum Gasteiger partial charge on any atom is -0.454 e. The number of rotatable bonds is 8. The van der Waals surface area contributed by atoms with Crippen LogP contribution in [-0.2, 0) is 16.6 Å². The summed E-state index contributed by atoms with van der Waals surface area (Å²) in [7, 11) is 0. The minimum atomic E-state index is -0.592. The normalized spacial score (nSPS) is 16.0. The number of aliphatic hydroxyl groups is 1. The van der Waals surface area contributed by atoms with Crippen LogP contribution < -0.4 is 14.8 Å². The Morgan fingerprint density at radius 2 is 1.74 bits per heavy atom. The van der Waals surface area contributed by atoms with Gasteiger partial charge in [0.25, 0.3) is 5.91 Å². The van der Waals surface area contributed by atoms with Crippen LogP contribution in [0.15, 0.2) is 60.7 Å². The minimum absolute atomic E-state index is 0.212. The highest BCUT2D eigenvalue weighted by molar-refractivity contribution is 5.96. The second-order valence-corrected chi connectivity index (χ2v) is 9.54. The highest BCUT2D eigenvalue weighted by Crippen LogP contribution is 2.51. The number of carbonyl (C=O) groups is 2. The summed E-state index contributed by atoms with van der Waals surface area (Å²) in [6.45, 7) is 4.10. The van der Waals surface area contributed by atoms with Crippen LogP contribution in [0.3, 0.4) is 0 Å². The van der Waals surface area contributed by atoms with Gasteiger partial charge in [-0.3, -0.25) is 9.59 Å². The second-order valence-electron chi connectivity index (χ2n) is 9.54. The third kappa shape index (κ3) is 4.66. The van der Waals surface area contributed by atoms with Crippen molar-refractivity contribution < 1.29 is 24.2 Å². The van der Waals surface area contributed by atoms with E-state index in [1.165, 1.54) is 0 Å². The van der Waals surface area contributed by atoms with Crippen LogP contribution in [0.2, 0.25) is 0 Å². The summed E-state index contributed by atoms with van der Waals surface area (Å²) in [4.78, 5) is 25.7. The van der Waals surface area contributed by atoms with Crippen molar-refractivity contribution in [2.45, 2.75) is 44.6 Å². The van der Waals surface area contributed by atoms with E-state index in [2.05, 4.69) is 11.4 Å². The monoisotopic (exact) mass is 471 g/mol. The summed E-state index contributed by atoms with van der Waals surface area (Å²) in [6, 6.07) is 19.4. The third-order valence-corrected chi connectivity index (χ3v) is 6.89. The number of fused-ring (bicyclic) bond motifs is 1. The molecule has 0 aromatic heterocycles. The van der Waals surface area contributed by atoms with Crippen molar-refractivity contribution in [3.8, 4) is 22.6 Å². The van der Waals surface area contributed by atoms with E-state index in [1.54, 1.807) is 19.1 Å². The molecule has 5 rings (SSSR count). The zero-order valence-corrected chi connectivity index (χ0v) is 20.0. The first kappa shape index (κ1) is 23.1. The summed E-state index contributed by atoms with van der Waals surface area (Å²) in [6.07, 6.45) is 1.47. The molecule has 6 heteroatoms. The van der Waals surface area contributed by atoms with E-state index in [0.29, 0.717) is 17.7 Å². The number of carbonyl (C=O) groups excluding carboxylic acids is 2. The Labute approximate surface area is 204 Å². The lowest BCUT2D eigenvalue weighted by Gasteiger charge is -2.16. The quantitative estimate of drug-likeness (QED) is 0.510. The van der Waals surface area contributed by atoms with E-state index in [9.17, 15) is 14.7 Å². The van der Waals surface area contributed by atoms with Gasteiger partial charge in [-0.05, 0) is 78.8 Å². The molecule has 1 aliphatic carbocycles. The lowest BCUT2D eigenvalue weighted by atomic mass is 9.87. The first-order valence-electron chi connectivity index (χ1n) is 12.0. The summed E-state index contributed by atoms with van der Waals surface area (Å²) < 4.78 is 10.9. The van der Waals surface area contributed by atoms with Gasteiger partial charge in [-0.1, -0.05) is 36.4 Å². The smallest absolute Gasteiger partial charge is 0.251 e. The first-order valence-corrected chi connectivity index (χ1v) is 12.0. The summed E-state index contributed by atoms with van der Waals surface area (Å²) in [5.74, 6) is 1.44. The molecule has 0 saturated heterocycles. The molecule has 0 radical (unpaired) electrons. The number of ketones is 1. The molecule has 3 aromatic carbocycles. The van der Waals surface area contributed by atoms with Gasteiger partial charge in [0, 0.05) is 18.5 Å². The molecule has 0 spiro atoms. The molecule has 1 atom stereocenters. The number of nitrogens with one attached hydrogen (secondary N) is 1. The highest BCUT2D eigenvalue weighted by Gasteiger charge is 2.50. The summed E-state index contributed by atoms with van der Waals surface area (Å²) >= 11 is 0. The van der Waals surface area contributed by atoms with Crippen LogP contribution in [0.25, 0.3) is 11.1 Å². The molecule has 2 aliphatic rings. The fourth-order valence-corrected chi connectivity index (χ4v) is 4.64. The Morgan fingerprint density at radius 1 is 1.00 bits per heavy atom. The van der Waals surface area contributed by atoms with Gasteiger partial charge in [0.1, 0.15) is 5.78 Å². The van der Waals surface area contributed by atoms with Gasteiger partial charge < -0.3 is 19.9 Å². The molecule has 6 nitrogen and oxygen atoms in total. The number of hydrogen-bond donors (Lipinski definition) is 2. The Bertz CT molecular complexity index is 1270. The lowest BCUT2D eigenvalue weighted by molar-refractivity contribution is -0.120. The number of ether oxygens (including phenoxy) is 2. The Morgan fingerprint density at radius 3 is 2.46 bits per heavy atom. The van der Waals surface area contributed by atoms with Crippen molar-refractivity contribution in [2.24, 2.45) is 0 Å². The van der Waals surface area contributed by atoms with Crippen LogP contribution in [-0.4, -0.2) is 36.2 Å². The van der Waals surface area contributed by atoms with Crippen molar-refractivity contribution in [2.75, 3.05) is 13.3 Å². The van der Waals surface area contributed by atoms with Gasteiger partial charge in [-0.2, -0.15) is 0 Å². The lowest BCUT2D eigenvalue weighted by Crippen LogP contribution is -2.30. The van der Waals surface area contributed by atoms with Gasteiger partial charge in [0.05, 0.1) is 11.5 Å². The van der Waals surface area contributed by atoms with Crippen LogP contribution in [0.4, 0.5) is 0 Å². The fraction of sp³-hybridized carbons (Fsp3) is 0.310. The molecule has 0 unspecified atom stereocenters. The molecule has 3 aromatic rings. The van der Waals surface area contributed by atoms with Gasteiger partial charge >= 0.3 is 0 Å². The van der Waals surface area contributed by atoms with Gasteiger partial charge in [0.2, 0.25) is 6.79 Å². The van der Waals surface area contributed by atoms with E-state index in [1.807, 2.05) is 49.4 Å². The molecule has 1 amide bonds. The first-order chi connectivity index (χ1) is 16.9. The maximum Gasteiger partial charge on any atom is 0.251 e. The SMILES string of the molecule is Cc1ccc(CC(=O)C2(c3ccc4c(c3)OCO4)CC2)cc1-c1ccc(C(=O)NC[C@H](C)O)cc1. The number of hydrogen-bond acceptors (Lipinski definition) is 5. The van der Waals surface area contributed by atoms with E-state index in [0.717, 1.165) is 46.4 Å². The number of amides is 1. The molecule has 1 saturated carbocycles. The van der Waals surface area contributed by atoms with E-state index in [4.69, 9.17) is 9.47 Å². The molecule has 1 heterocycles. The predicted molar refractivity (Wildman–Crippen MR) is 133 cm³/mol. The van der Waals surface area contributed by atoms with Crippen LogP contribution >= 0.6 is 0 Å². The molecule has 0 bridgehead atoms. The van der Waals surface area contributed by atoms with Crippen LogP contribution in [0.5, 0.6) is 11.5 Å². The molecular formula is C29H29NO5. The molecule has 180 valence electrons. The van der Waals surface area contributed by atoms with Crippen LogP contribution in [0, 0.1) is 6.92 Å². The average Bonchev–Trinajstić information content (AvgIpc) is 3.54. The maximum absolute atomic E-state index is 13.4. The van der Waals surface area contributed by atoms with E-state index >= 15 is 0 Å².